The first-order chi connectivity index (χ1) is 19.9. The first-order valence-corrected chi connectivity index (χ1v) is 14.0. The first-order valence-electron chi connectivity index (χ1n) is 13.1. The second-order valence-corrected chi connectivity index (χ2v) is 10.8. The summed E-state index contributed by atoms with van der Waals surface area (Å²) in [5.74, 6) is -0.428. The maximum absolute atomic E-state index is 14.2. The van der Waals surface area contributed by atoms with E-state index in [1.54, 1.807) is 13.0 Å². The fourth-order valence-corrected chi connectivity index (χ4v) is 5.96. The zero-order valence-electron chi connectivity index (χ0n) is 22.4. The zero-order valence-corrected chi connectivity index (χ0v) is 23.3. The number of hydrogen-bond donors (Lipinski definition) is 1. The van der Waals surface area contributed by atoms with Crippen molar-refractivity contribution < 1.29 is 19.4 Å². The molecule has 0 saturated carbocycles. The minimum Gasteiger partial charge on any atom is -0.503 e. The van der Waals surface area contributed by atoms with Gasteiger partial charge in [0.2, 0.25) is 5.78 Å². The van der Waals surface area contributed by atoms with Gasteiger partial charge in [-0.1, -0.05) is 78.4 Å². The molecule has 0 fully saturated rings. The number of rotatable bonds is 7. The molecule has 0 spiro atoms. The van der Waals surface area contributed by atoms with Crippen LogP contribution in [-0.4, -0.2) is 21.8 Å². The van der Waals surface area contributed by atoms with Crippen molar-refractivity contribution in [1.29, 1.82) is 0 Å². The van der Waals surface area contributed by atoms with Crippen molar-refractivity contribution >= 4 is 28.7 Å². The van der Waals surface area contributed by atoms with Gasteiger partial charge in [0.25, 0.3) is 5.91 Å². The lowest BCUT2D eigenvalue weighted by Gasteiger charge is -2.27. The Kier molecular flexibility index (Phi) is 6.95. The van der Waals surface area contributed by atoms with E-state index in [9.17, 15) is 14.7 Å². The van der Waals surface area contributed by atoms with Crippen molar-refractivity contribution in [2.24, 2.45) is 0 Å². The fraction of sp³-hybridized carbons (Fsp3) is 0.0882. The number of aryl methyl sites for hydroxylation is 2. The van der Waals surface area contributed by atoms with Gasteiger partial charge < -0.3 is 9.84 Å². The molecule has 6 nitrogen and oxygen atoms in total. The lowest BCUT2D eigenvalue weighted by atomic mass is 9.94. The van der Waals surface area contributed by atoms with Crippen LogP contribution in [0.25, 0.3) is 10.6 Å². The molecule has 41 heavy (non-hydrogen) atoms. The van der Waals surface area contributed by atoms with Crippen molar-refractivity contribution in [3.8, 4) is 22.1 Å². The van der Waals surface area contributed by atoms with Crippen LogP contribution in [0.3, 0.4) is 0 Å². The van der Waals surface area contributed by atoms with Gasteiger partial charge in [0.05, 0.1) is 22.2 Å². The lowest BCUT2D eigenvalue weighted by Crippen LogP contribution is -2.31. The van der Waals surface area contributed by atoms with E-state index < -0.39 is 23.5 Å². The molecular weight excluding hydrogens is 532 g/mol. The number of Topliss-reactive ketones (excluding diaryl/α,β-unsaturated/α-hetero) is 1. The van der Waals surface area contributed by atoms with E-state index in [1.807, 2.05) is 110 Å². The van der Waals surface area contributed by atoms with E-state index >= 15 is 0 Å². The summed E-state index contributed by atoms with van der Waals surface area (Å²) in [6.45, 7) is 3.73. The number of aromatic nitrogens is 1. The Hall–Kier alpha value is -5.01. The quantitative estimate of drug-likeness (QED) is 0.205. The third-order valence-corrected chi connectivity index (χ3v) is 8.15. The first kappa shape index (κ1) is 26.2. The van der Waals surface area contributed by atoms with Crippen molar-refractivity contribution in [3.63, 3.8) is 0 Å². The van der Waals surface area contributed by atoms with Crippen LogP contribution in [0.5, 0.6) is 11.5 Å². The molecule has 1 aliphatic rings. The van der Waals surface area contributed by atoms with Gasteiger partial charge in [0.15, 0.2) is 5.76 Å². The third kappa shape index (κ3) is 5.03. The molecule has 0 radical (unpaired) electrons. The molecule has 1 N–H and O–H groups in total. The Morgan fingerprint density at radius 3 is 2.22 bits per heavy atom. The number of benzene rings is 4. The number of carbonyl (C=O) groups is 2. The van der Waals surface area contributed by atoms with E-state index in [4.69, 9.17) is 4.74 Å². The van der Waals surface area contributed by atoms with Crippen LogP contribution in [0.1, 0.15) is 32.5 Å². The normalized spacial score (nSPS) is 14.9. The molecule has 0 aliphatic carbocycles. The van der Waals surface area contributed by atoms with Crippen LogP contribution in [0.2, 0.25) is 0 Å². The van der Waals surface area contributed by atoms with Gasteiger partial charge in [-0.25, -0.2) is 4.98 Å². The summed E-state index contributed by atoms with van der Waals surface area (Å²) in [6, 6.07) is 32.8. The molecule has 0 bridgehead atoms. The van der Waals surface area contributed by atoms with Crippen molar-refractivity contribution in [2.75, 3.05) is 4.90 Å². The van der Waals surface area contributed by atoms with Gasteiger partial charge in [0, 0.05) is 11.3 Å². The average molecular weight is 559 g/mol. The summed E-state index contributed by atoms with van der Waals surface area (Å²) >= 11 is 1.25. The van der Waals surface area contributed by atoms with Gasteiger partial charge in [-0.2, -0.15) is 0 Å². The van der Waals surface area contributed by atoms with Gasteiger partial charge in [-0.3, -0.25) is 14.5 Å². The van der Waals surface area contributed by atoms with Gasteiger partial charge in [-0.05, 0) is 55.8 Å². The van der Waals surface area contributed by atoms with Crippen molar-refractivity contribution in [2.45, 2.75) is 19.9 Å². The number of ether oxygens (including phenoxy) is 1. The second kappa shape index (κ2) is 10.9. The third-order valence-electron chi connectivity index (χ3n) is 6.94. The highest BCUT2D eigenvalue weighted by molar-refractivity contribution is 7.17. The minimum absolute atomic E-state index is 0.0128. The van der Waals surface area contributed by atoms with E-state index in [1.165, 1.54) is 16.2 Å². The average Bonchev–Trinajstić information content (AvgIpc) is 3.51. The summed E-state index contributed by atoms with van der Waals surface area (Å²) < 4.78 is 6.07. The fourth-order valence-electron chi connectivity index (χ4n) is 4.93. The number of para-hydroxylation sites is 1. The van der Waals surface area contributed by atoms with E-state index in [-0.39, 0.29) is 5.57 Å². The minimum atomic E-state index is -0.876. The lowest BCUT2D eigenvalue weighted by molar-refractivity contribution is -0.117. The molecule has 1 unspecified atom stereocenters. The number of aliphatic hydroxyl groups is 1. The Balaban J connectivity index is 1.45. The number of carbonyl (C=O) groups excluding carboxylic acids is 2. The Labute approximate surface area is 241 Å². The van der Waals surface area contributed by atoms with Crippen LogP contribution in [0.4, 0.5) is 5.69 Å². The highest BCUT2D eigenvalue weighted by atomic mass is 32.1. The number of aliphatic hydroxyl groups excluding tert-OH is 1. The molecule has 1 atom stereocenters. The van der Waals surface area contributed by atoms with Gasteiger partial charge in [0.1, 0.15) is 16.5 Å². The van der Waals surface area contributed by atoms with Crippen LogP contribution in [0, 0.1) is 13.8 Å². The Morgan fingerprint density at radius 2 is 1.51 bits per heavy atom. The predicted molar refractivity (Wildman–Crippen MR) is 161 cm³/mol. The van der Waals surface area contributed by atoms with E-state index in [0.29, 0.717) is 38.3 Å². The summed E-state index contributed by atoms with van der Waals surface area (Å²) in [5.41, 5.74) is 3.67. The summed E-state index contributed by atoms with van der Waals surface area (Å²) in [4.78, 5) is 34.3. The molecule has 5 aromatic rings. The standard InChI is InChI=1S/C34H26N2O4S/c1-21-16-18-25(19-17-21)36-29(24-12-9-15-27(20-24)40-26-13-7-4-8-14-26)28(31(38)34(36)39)30(37)32-22(2)35-33(41-32)23-10-5-3-6-11-23/h3-20,29,38H,1-2H3. The largest absolute Gasteiger partial charge is 0.503 e. The van der Waals surface area contributed by atoms with Crippen molar-refractivity contribution in [1.82, 2.24) is 4.98 Å². The summed E-state index contributed by atoms with van der Waals surface area (Å²) in [6.07, 6.45) is 0. The maximum Gasteiger partial charge on any atom is 0.294 e. The highest BCUT2D eigenvalue weighted by Gasteiger charge is 2.45. The predicted octanol–water partition coefficient (Wildman–Crippen LogP) is 8.00. The van der Waals surface area contributed by atoms with Crippen LogP contribution >= 0.6 is 11.3 Å². The number of anilines is 1. The molecule has 1 aromatic heterocycles. The topological polar surface area (TPSA) is 79.7 Å². The molecule has 202 valence electrons. The van der Waals surface area contributed by atoms with Crippen LogP contribution in [0.15, 0.2) is 121 Å². The molecule has 0 saturated heterocycles. The number of hydrogen-bond acceptors (Lipinski definition) is 6. The highest BCUT2D eigenvalue weighted by Crippen LogP contribution is 2.44. The summed E-state index contributed by atoms with van der Waals surface area (Å²) in [7, 11) is 0. The maximum atomic E-state index is 14.2. The van der Waals surface area contributed by atoms with Crippen LogP contribution in [-0.2, 0) is 4.79 Å². The number of nitrogens with zero attached hydrogens (tertiary/aromatic N) is 2. The Bertz CT molecular complexity index is 1780. The number of thiazole rings is 1. The molecule has 1 aliphatic heterocycles. The van der Waals surface area contributed by atoms with Crippen LogP contribution < -0.4 is 9.64 Å². The molecule has 6 rings (SSSR count). The molecule has 2 heterocycles. The van der Waals surface area contributed by atoms with Gasteiger partial charge >= 0.3 is 0 Å². The van der Waals surface area contributed by atoms with E-state index in [2.05, 4.69) is 4.98 Å². The molecular formula is C34H26N2O4S. The SMILES string of the molecule is Cc1ccc(N2C(=O)C(O)=C(C(=O)c3sc(-c4ccccc4)nc3C)C2c2cccc(Oc3ccccc3)c2)cc1. The monoisotopic (exact) mass is 558 g/mol. The van der Waals surface area contributed by atoms with E-state index in [0.717, 1.165) is 11.1 Å². The zero-order chi connectivity index (χ0) is 28.5. The second-order valence-electron chi connectivity index (χ2n) is 9.79. The summed E-state index contributed by atoms with van der Waals surface area (Å²) in [5, 5.41) is 11.9. The number of ketones is 1. The van der Waals surface area contributed by atoms with Crippen molar-refractivity contribution in [3.05, 3.63) is 142 Å². The Morgan fingerprint density at radius 1 is 0.854 bits per heavy atom. The molecule has 4 aromatic carbocycles. The van der Waals surface area contributed by atoms with Gasteiger partial charge in [-0.15, -0.1) is 11.3 Å². The molecule has 7 heteroatoms. The smallest absolute Gasteiger partial charge is 0.294 e. The molecule has 1 amide bonds. The number of amides is 1.